The standard InChI is InChI=1S/C14H19BN2O2/c15-5-1-4-12-9-17(10-13(12)14(18)19)8-11-3-2-6-16-7-11/h2-3,6-7,12-13H,1,4-5,8-10H2,(H,18,19)/t12-,13+/m0/s1. The lowest BCUT2D eigenvalue weighted by Crippen LogP contribution is -2.23. The summed E-state index contributed by atoms with van der Waals surface area (Å²) >= 11 is 0. The zero-order valence-electron chi connectivity index (χ0n) is 11.0. The van der Waals surface area contributed by atoms with E-state index in [-0.39, 0.29) is 11.8 Å². The molecule has 1 aliphatic heterocycles. The van der Waals surface area contributed by atoms with E-state index in [1.54, 1.807) is 6.20 Å². The first-order valence-electron chi connectivity index (χ1n) is 6.75. The van der Waals surface area contributed by atoms with Gasteiger partial charge >= 0.3 is 5.97 Å². The van der Waals surface area contributed by atoms with Crippen LogP contribution in [0.5, 0.6) is 0 Å². The summed E-state index contributed by atoms with van der Waals surface area (Å²) in [6.07, 6.45) is 6.01. The maximum Gasteiger partial charge on any atom is 0.308 e. The molecule has 2 atom stereocenters. The maximum atomic E-state index is 11.3. The van der Waals surface area contributed by atoms with Gasteiger partial charge in [0.05, 0.1) is 13.8 Å². The molecule has 1 aromatic rings. The molecule has 1 saturated heterocycles. The molecule has 19 heavy (non-hydrogen) atoms. The van der Waals surface area contributed by atoms with Gasteiger partial charge in [-0.15, -0.1) is 0 Å². The number of hydrogen-bond acceptors (Lipinski definition) is 3. The number of aromatic nitrogens is 1. The summed E-state index contributed by atoms with van der Waals surface area (Å²) in [6, 6.07) is 3.93. The van der Waals surface area contributed by atoms with E-state index in [4.69, 9.17) is 7.85 Å². The minimum atomic E-state index is -0.685. The Kier molecular flexibility index (Phi) is 4.96. The monoisotopic (exact) mass is 258 g/mol. The van der Waals surface area contributed by atoms with Gasteiger partial charge < -0.3 is 5.11 Å². The quantitative estimate of drug-likeness (QED) is 0.787. The Labute approximate surface area is 115 Å². The van der Waals surface area contributed by atoms with E-state index in [9.17, 15) is 9.90 Å². The topological polar surface area (TPSA) is 53.4 Å². The Bertz CT molecular complexity index is 413. The van der Waals surface area contributed by atoms with Crippen LogP contribution in [0.2, 0.25) is 6.32 Å². The molecule has 2 rings (SSSR count). The molecule has 1 aliphatic rings. The van der Waals surface area contributed by atoms with E-state index in [1.165, 1.54) is 0 Å². The van der Waals surface area contributed by atoms with Gasteiger partial charge in [-0.05, 0) is 24.0 Å². The minimum absolute atomic E-state index is 0.220. The molecule has 0 bridgehead atoms. The lowest BCUT2D eigenvalue weighted by Gasteiger charge is -2.15. The van der Waals surface area contributed by atoms with Gasteiger partial charge in [-0.2, -0.15) is 0 Å². The molecule has 4 nitrogen and oxygen atoms in total. The first-order chi connectivity index (χ1) is 9.20. The van der Waals surface area contributed by atoms with Crippen LogP contribution in [0.15, 0.2) is 24.5 Å². The molecule has 0 aliphatic carbocycles. The minimum Gasteiger partial charge on any atom is -0.481 e. The third-order valence-corrected chi connectivity index (χ3v) is 3.74. The van der Waals surface area contributed by atoms with Crippen molar-refractivity contribution in [2.75, 3.05) is 13.1 Å². The Morgan fingerprint density at radius 3 is 3.00 bits per heavy atom. The molecule has 0 amide bonds. The number of carbonyl (C=O) groups is 1. The highest BCUT2D eigenvalue weighted by Gasteiger charge is 2.36. The van der Waals surface area contributed by atoms with Crippen molar-refractivity contribution < 1.29 is 9.90 Å². The van der Waals surface area contributed by atoms with E-state index >= 15 is 0 Å². The second kappa shape index (κ2) is 6.71. The van der Waals surface area contributed by atoms with Gasteiger partial charge in [0, 0.05) is 32.0 Å². The average Bonchev–Trinajstić information content (AvgIpc) is 2.80. The van der Waals surface area contributed by atoms with Crippen LogP contribution >= 0.6 is 0 Å². The van der Waals surface area contributed by atoms with Crippen LogP contribution in [0.1, 0.15) is 18.4 Å². The van der Waals surface area contributed by atoms with Crippen LogP contribution in [0.25, 0.3) is 0 Å². The van der Waals surface area contributed by atoms with E-state index in [0.29, 0.717) is 12.9 Å². The normalized spacial score (nSPS) is 23.6. The van der Waals surface area contributed by atoms with Crippen molar-refractivity contribution in [2.45, 2.75) is 25.7 Å². The fourth-order valence-electron chi connectivity index (χ4n) is 2.79. The predicted octanol–water partition coefficient (Wildman–Crippen LogP) is 1.58. The number of likely N-dealkylation sites (tertiary alicyclic amines) is 1. The molecule has 5 heteroatoms. The molecule has 0 saturated carbocycles. The molecule has 2 radical (unpaired) electrons. The van der Waals surface area contributed by atoms with Crippen molar-refractivity contribution >= 4 is 13.8 Å². The average molecular weight is 258 g/mol. The van der Waals surface area contributed by atoms with Gasteiger partial charge in [0.2, 0.25) is 0 Å². The van der Waals surface area contributed by atoms with Crippen LogP contribution in [-0.4, -0.2) is 41.9 Å². The Morgan fingerprint density at radius 1 is 1.53 bits per heavy atom. The molecule has 0 spiro atoms. The second-order valence-electron chi connectivity index (χ2n) is 5.19. The van der Waals surface area contributed by atoms with Crippen LogP contribution in [-0.2, 0) is 11.3 Å². The number of hydrogen-bond donors (Lipinski definition) is 1. The number of pyridine rings is 1. The number of rotatable bonds is 6. The smallest absolute Gasteiger partial charge is 0.308 e. The lowest BCUT2D eigenvalue weighted by molar-refractivity contribution is -0.142. The first kappa shape index (κ1) is 14.1. The van der Waals surface area contributed by atoms with E-state index in [1.807, 2.05) is 18.3 Å². The van der Waals surface area contributed by atoms with Crippen LogP contribution < -0.4 is 0 Å². The summed E-state index contributed by atoms with van der Waals surface area (Å²) in [4.78, 5) is 17.6. The largest absolute Gasteiger partial charge is 0.481 e. The van der Waals surface area contributed by atoms with Gasteiger partial charge in [0.1, 0.15) is 0 Å². The van der Waals surface area contributed by atoms with Crippen molar-refractivity contribution in [3.63, 3.8) is 0 Å². The summed E-state index contributed by atoms with van der Waals surface area (Å²) < 4.78 is 0. The summed E-state index contributed by atoms with van der Waals surface area (Å²) in [6.45, 7) is 2.24. The van der Waals surface area contributed by atoms with E-state index < -0.39 is 5.97 Å². The number of carboxylic acid groups (broad SMARTS) is 1. The molecule has 1 N–H and O–H groups in total. The van der Waals surface area contributed by atoms with Crippen LogP contribution in [0.4, 0.5) is 0 Å². The third kappa shape index (κ3) is 3.80. The zero-order chi connectivity index (χ0) is 13.7. The number of carboxylic acids is 1. The fraction of sp³-hybridized carbons (Fsp3) is 0.571. The summed E-state index contributed by atoms with van der Waals surface area (Å²) in [5, 5.41) is 9.30. The van der Waals surface area contributed by atoms with Crippen molar-refractivity contribution in [1.82, 2.24) is 9.88 Å². The molecular weight excluding hydrogens is 239 g/mol. The highest BCUT2D eigenvalue weighted by atomic mass is 16.4. The number of nitrogens with zero attached hydrogens (tertiary/aromatic N) is 2. The van der Waals surface area contributed by atoms with Gasteiger partial charge in [0.15, 0.2) is 0 Å². The predicted molar refractivity (Wildman–Crippen MR) is 73.9 cm³/mol. The molecule has 100 valence electrons. The van der Waals surface area contributed by atoms with Crippen molar-refractivity contribution in [3.05, 3.63) is 30.1 Å². The molecule has 2 heterocycles. The second-order valence-corrected chi connectivity index (χ2v) is 5.19. The Hall–Kier alpha value is -1.36. The zero-order valence-corrected chi connectivity index (χ0v) is 11.0. The van der Waals surface area contributed by atoms with Gasteiger partial charge in [-0.25, -0.2) is 0 Å². The molecule has 1 aromatic heterocycles. The van der Waals surface area contributed by atoms with Gasteiger partial charge in [0.25, 0.3) is 0 Å². The lowest BCUT2D eigenvalue weighted by atomic mass is 9.88. The SMILES string of the molecule is [B]CCC[C@H]1CN(Cc2cccnc2)C[C@H]1C(=O)O. The highest BCUT2D eigenvalue weighted by Crippen LogP contribution is 2.29. The van der Waals surface area contributed by atoms with Crippen LogP contribution in [0.3, 0.4) is 0 Å². The summed E-state index contributed by atoms with van der Waals surface area (Å²) in [5.41, 5.74) is 1.13. The number of aliphatic carboxylic acids is 1. The van der Waals surface area contributed by atoms with Gasteiger partial charge in [-0.1, -0.05) is 18.8 Å². The van der Waals surface area contributed by atoms with E-state index in [2.05, 4.69) is 9.88 Å². The summed E-state index contributed by atoms with van der Waals surface area (Å²) in [5.74, 6) is -0.725. The van der Waals surface area contributed by atoms with Crippen molar-refractivity contribution in [2.24, 2.45) is 11.8 Å². The molecular formula is C14H19BN2O2. The first-order valence-corrected chi connectivity index (χ1v) is 6.75. The van der Waals surface area contributed by atoms with Crippen molar-refractivity contribution in [1.29, 1.82) is 0 Å². The molecule has 0 unspecified atom stereocenters. The maximum absolute atomic E-state index is 11.3. The van der Waals surface area contributed by atoms with E-state index in [0.717, 1.165) is 31.5 Å². The third-order valence-electron chi connectivity index (χ3n) is 3.74. The Morgan fingerprint density at radius 2 is 2.37 bits per heavy atom. The molecule has 1 fully saturated rings. The fourth-order valence-corrected chi connectivity index (χ4v) is 2.79. The Balaban J connectivity index is 1.95. The van der Waals surface area contributed by atoms with Crippen molar-refractivity contribution in [3.8, 4) is 0 Å². The van der Waals surface area contributed by atoms with Crippen LogP contribution in [0, 0.1) is 11.8 Å². The summed E-state index contributed by atoms with van der Waals surface area (Å²) in [7, 11) is 5.52. The molecule has 0 aromatic carbocycles. The van der Waals surface area contributed by atoms with Gasteiger partial charge in [-0.3, -0.25) is 14.7 Å². The highest BCUT2D eigenvalue weighted by molar-refractivity contribution is 6.08.